The van der Waals surface area contributed by atoms with Crippen LogP contribution in [0.15, 0.2) is 39.4 Å². The summed E-state index contributed by atoms with van der Waals surface area (Å²) in [4.78, 5) is 0. The summed E-state index contributed by atoms with van der Waals surface area (Å²) in [5, 5.41) is 4.37. The Morgan fingerprint density at radius 1 is 1.39 bits per heavy atom. The minimum atomic E-state index is 0.0300. The number of benzene rings is 1. The molecule has 0 aliphatic rings. The lowest BCUT2D eigenvalue weighted by Crippen LogP contribution is -2.30. The molecule has 4 nitrogen and oxygen atoms in total. The highest BCUT2D eigenvalue weighted by molar-refractivity contribution is 9.11. The van der Waals surface area contributed by atoms with Crippen molar-refractivity contribution in [3.63, 3.8) is 0 Å². The second kappa shape index (κ2) is 5.97. The molecule has 1 heterocycles. The van der Waals surface area contributed by atoms with Crippen molar-refractivity contribution in [1.82, 2.24) is 15.2 Å². The summed E-state index contributed by atoms with van der Waals surface area (Å²) >= 11 is 7.00. The quantitative estimate of drug-likeness (QED) is 0.639. The summed E-state index contributed by atoms with van der Waals surface area (Å²) in [6.45, 7) is 0. The Hall–Kier alpha value is -0.690. The zero-order valence-electron chi connectivity index (χ0n) is 9.90. The van der Waals surface area contributed by atoms with E-state index in [1.54, 1.807) is 4.68 Å². The summed E-state index contributed by atoms with van der Waals surface area (Å²) < 4.78 is 3.85. The third kappa shape index (κ3) is 3.20. The first-order chi connectivity index (χ1) is 8.60. The van der Waals surface area contributed by atoms with Crippen molar-refractivity contribution in [3.8, 4) is 0 Å². The van der Waals surface area contributed by atoms with Gasteiger partial charge in [0.25, 0.3) is 0 Å². The topological polar surface area (TPSA) is 55.9 Å². The fourth-order valence-corrected chi connectivity index (χ4v) is 3.15. The second-order valence-corrected chi connectivity index (χ2v) is 5.84. The lowest BCUT2D eigenvalue weighted by Gasteiger charge is -2.17. The molecule has 1 aromatic heterocycles. The van der Waals surface area contributed by atoms with Gasteiger partial charge in [-0.1, -0.05) is 37.9 Å². The third-order valence-electron chi connectivity index (χ3n) is 2.72. The van der Waals surface area contributed by atoms with Crippen molar-refractivity contribution < 1.29 is 0 Å². The molecule has 0 bridgehead atoms. The van der Waals surface area contributed by atoms with Gasteiger partial charge in [-0.2, -0.15) is 5.10 Å². The van der Waals surface area contributed by atoms with Crippen LogP contribution in [0.3, 0.4) is 0 Å². The number of aromatic nitrogens is 2. The molecule has 1 aromatic carbocycles. The smallest absolute Gasteiger partial charge is 0.0643 e. The largest absolute Gasteiger partial charge is 0.276 e. The van der Waals surface area contributed by atoms with Crippen molar-refractivity contribution in [2.45, 2.75) is 12.5 Å². The summed E-state index contributed by atoms with van der Waals surface area (Å²) in [5.74, 6) is 5.65. The van der Waals surface area contributed by atoms with Gasteiger partial charge in [0, 0.05) is 28.6 Å². The Morgan fingerprint density at radius 2 is 2.17 bits per heavy atom. The standard InChI is InChI=1S/C12H14Br2N4/c1-18-5-4-9(17-18)7-12(16-15)10-3-2-8(13)6-11(10)14/h2-6,12,16H,7,15H2,1H3. The van der Waals surface area contributed by atoms with E-state index in [0.29, 0.717) is 0 Å². The van der Waals surface area contributed by atoms with Gasteiger partial charge in [0.2, 0.25) is 0 Å². The molecule has 1 atom stereocenters. The summed E-state index contributed by atoms with van der Waals surface area (Å²) in [7, 11) is 1.91. The van der Waals surface area contributed by atoms with Crippen LogP contribution in [0.1, 0.15) is 17.3 Å². The average molecular weight is 374 g/mol. The average Bonchev–Trinajstić information content (AvgIpc) is 2.72. The Morgan fingerprint density at radius 3 is 2.72 bits per heavy atom. The molecule has 0 aliphatic carbocycles. The molecule has 2 rings (SSSR count). The van der Waals surface area contributed by atoms with Gasteiger partial charge in [-0.15, -0.1) is 0 Å². The van der Waals surface area contributed by atoms with Crippen LogP contribution in [-0.2, 0) is 13.5 Å². The first kappa shape index (κ1) is 13.7. The molecule has 3 N–H and O–H groups in total. The number of nitrogens with two attached hydrogens (primary N) is 1. The molecule has 0 radical (unpaired) electrons. The van der Waals surface area contributed by atoms with E-state index < -0.39 is 0 Å². The minimum Gasteiger partial charge on any atom is -0.276 e. The first-order valence-electron chi connectivity index (χ1n) is 5.49. The van der Waals surface area contributed by atoms with E-state index in [1.165, 1.54) is 0 Å². The molecule has 2 aromatic rings. The molecule has 0 saturated carbocycles. The molecule has 0 aliphatic heterocycles. The molecule has 0 fully saturated rings. The van der Waals surface area contributed by atoms with Gasteiger partial charge in [-0.25, -0.2) is 0 Å². The van der Waals surface area contributed by atoms with Crippen molar-refractivity contribution >= 4 is 31.9 Å². The first-order valence-corrected chi connectivity index (χ1v) is 7.08. The van der Waals surface area contributed by atoms with Gasteiger partial charge in [0.1, 0.15) is 0 Å². The van der Waals surface area contributed by atoms with E-state index in [2.05, 4.69) is 42.4 Å². The Labute approximate surface area is 123 Å². The molecule has 96 valence electrons. The van der Waals surface area contributed by atoms with E-state index in [4.69, 9.17) is 5.84 Å². The SMILES string of the molecule is Cn1ccc(CC(NN)c2ccc(Br)cc2Br)n1. The highest BCUT2D eigenvalue weighted by Gasteiger charge is 2.15. The van der Waals surface area contributed by atoms with Gasteiger partial charge in [-0.3, -0.25) is 16.0 Å². The Kier molecular flexibility index (Phi) is 4.55. The van der Waals surface area contributed by atoms with Gasteiger partial charge < -0.3 is 0 Å². The van der Waals surface area contributed by atoms with Gasteiger partial charge in [-0.05, 0) is 23.8 Å². The minimum absolute atomic E-state index is 0.0300. The third-order valence-corrected chi connectivity index (χ3v) is 3.90. The molecule has 0 spiro atoms. The molecular formula is C12H14Br2N4. The monoisotopic (exact) mass is 372 g/mol. The van der Waals surface area contributed by atoms with Crippen LogP contribution in [0.4, 0.5) is 0 Å². The lowest BCUT2D eigenvalue weighted by molar-refractivity contribution is 0.539. The fourth-order valence-electron chi connectivity index (χ4n) is 1.82. The predicted octanol–water partition coefficient (Wildman–Crippen LogP) is 2.69. The maximum atomic E-state index is 5.65. The maximum Gasteiger partial charge on any atom is 0.0643 e. The summed E-state index contributed by atoms with van der Waals surface area (Å²) in [6, 6.07) is 8.09. The molecule has 0 saturated heterocycles. The predicted molar refractivity (Wildman–Crippen MR) is 78.8 cm³/mol. The van der Waals surface area contributed by atoms with Crippen LogP contribution < -0.4 is 11.3 Å². The number of nitrogens with one attached hydrogen (secondary N) is 1. The number of hydrogen-bond acceptors (Lipinski definition) is 3. The van der Waals surface area contributed by atoms with Crippen LogP contribution in [0.5, 0.6) is 0 Å². The van der Waals surface area contributed by atoms with E-state index in [-0.39, 0.29) is 6.04 Å². The fraction of sp³-hybridized carbons (Fsp3) is 0.250. The summed E-state index contributed by atoms with van der Waals surface area (Å²) in [6.07, 6.45) is 2.68. The van der Waals surface area contributed by atoms with E-state index in [9.17, 15) is 0 Å². The van der Waals surface area contributed by atoms with E-state index in [1.807, 2.05) is 37.5 Å². The number of aryl methyl sites for hydroxylation is 1. The van der Waals surface area contributed by atoms with Crippen LogP contribution in [0.2, 0.25) is 0 Å². The summed E-state index contributed by atoms with van der Waals surface area (Å²) in [5.41, 5.74) is 4.97. The van der Waals surface area contributed by atoms with Crippen molar-refractivity contribution in [1.29, 1.82) is 0 Å². The van der Waals surface area contributed by atoms with Gasteiger partial charge in [0.05, 0.1) is 11.7 Å². The zero-order valence-corrected chi connectivity index (χ0v) is 13.1. The van der Waals surface area contributed by atoms with E-state index >= 15 is 0 Å². The maximum absolute atomic E-state index is 5.65. The van der Waals surface area contributed by atoms with Crippen molar-refractivity contribution in [3.05, 3.63) is 50.7 Å². The van der Waals surface area contributed by atoms with Crippen LogP contribution >= 0.6 is 31.9 Å². The highest BCUT2D eigenvalue weighted by atomic mass is 79.9. The van der Waals surface area contributed by atoms with Crippen molar-refractivity contribution in [2.24, 2.45) is 12.9 Å². The zero-order chi connectivity index (χ0) is 13.1. The Bertz CT molecular complexity index is 539. The molecule has 18 heavy (non-hydrogen) atoms. The molecule has 0 amide bonds. The number of hydrazine groups is 1. The van der Waals surface area contributed by atoms with E-state index in [0.717, 1.165) is 26.6 Å². The van der Waals surface area contributed by atoms with Gasteiger partial charge in [0.15, 0.2) is 0 Å². The number of rotatable bonds is 4. The number of nitrogens with zero attached hydrogens (tertiary/aromatic N) is 2. The molecule has 6 heteroatoms. The van der Waals surface area contributed by atoms with Crippen LogP contribution in [0.25, 0.3) is 0 Å². The van der Waals surface area contributed by atoms with Gasteiger partial charge >= 0.3 is 0 Å². The van der Waals surface area contributed by atoms with Crippen LogP contribution in [0, 0.1) is 0 Å². The lowest BCUT2D eigenvalue weighted by atomic mass is 10.0. The molecular weight excluding hydrogens is 360 g/mol. The molecule has 1 unspecified atom stereocenters. The highest BCUT2D eigenvalue weighted by Crippen LogP contribution is 2.28. The normalized spacial score (nSPS) is 12.7. The number of hydrogen-bond donors (Lipinski definition) is 2. The second-order valence-electron chi connectivity index (χ2n) is 4.07. The van der Waals surface area contributed by atoms with Crippen molar-refractivity contribution in [2.75, 3.05) is 0 Å². The Balaban J connectivity index is 2.22. The number of halogens is 2. The van der Waals surface area contributed by atoms with Crippen LogP contribution in [-0.4, -0.2) is 9.78 Å².